The molecule has 0 spiro atoms. The van der Waals surface area contributed by atoms with E-state index < -0.39 is 0 Å². The SMILES string of the molecule is COc1cccc(N(C)CC(C)(C)N)c1. The summed E-state index contributed by atoms with van der Waals surface area (Å²) in [5.41, 5.74) is 6.89. The van der Waals surface area contributed by atoms with Crippen molar-refractivity contribution in [2.24, 2.45) is 5.73 Å². The van der Waals surface area contributed by atoms with Crippen LogP contribution < -0.4 is 15.4 Å². The van der Waals surface area contributed by atoms with Crippen molar-refractivity contribution in [1.29, 1.82) is 0 Å². The van der Waals surface area contributed by atoms with E-state index in [4.69, 9.17) is 10.5 Å². The number of benzene rings is 1. The van der Waals surface area contributed by atoms with Crippen LogP contribution in [0.5, 0.6) is 5.75 Å². The van der Waals surface area contributed by atoms with Crippen LogP contribution in [0.15, 0.2) is 24.3 Å². The Balaban J connectivity index is 2.77. The van der Waals surface area contributed by atoms with Gasteiger partial charge in [0.15, 0.2) is 0 Å². The molecule has 0 fully saturated rings. The van der Waals surface area contributed by atoms with Crippen LogP contribution in [0.4, 0.5) is 5.69 Å². The Labute approximate surface area is 91.8 Å². The zero-order chi connectivity index (χ0) is 11.5. The van der Waals surface area contributed by atoms with Gasteiger partial charge in [-0.2, -0.15) is 0 Å². The molecule has 0 unspecified atom stereocenters. The first kappa shape index (κ1) is 11.9. The molecule has 1 aromatic carbocycles. The fourth-order valence-corrected chi connectivity index (χ4v) is 1.55. The van der Waals surface area contributed by atoms with Gasteiger partial charge in [0.1, 0.15) is 5.75 Å². The Morgan fingerprint density at radius 2 is 2.07 bits per heavy atom. The summed E-state index contributed by atoms with van der Waals surface area (Å²) >= 11 is 0. The van der Waals surface area contributed by atoms with E-state index in [1.807, 2.05) is 45.2 Å². The Bertz CT molecular complexity index is 318. The first-order valence-corrected chi connectivity index (χ1v) is 5.06. The van der Waals surface area contributed by atoms with Crippen LogP contribution in [-0.2, 0) is 0 Å². The minimum absolute atomic E-state index is 0.197. The highest BCUT2D eigenvalue weighted by Gasteiger charge is 2.14. The fraction of sp³-hybridized carbons (Fsp3) is 0.500. The lowest BCUT2D eigenvalue weighted by molar-refractivity contribution is 0.414. The van der Waals surface area contributed by atoms with Gasteiger partial charge in [0.05, 0.1) is 7.11 Å². The molecular weight excluding hydrogens is 188 g/mol. The van der Waals surface area contributed by atoms with Crippen molar-refractivity contribution < 1.29 is 4.74 Å². The summed E-state index contributed by atoms with van der Waals surface area (Å²) in [6.45, 7) is 4.84. The monoisotopic (exact) mass is 208 g/mol. The summed E-state index contributed by atoms with van der Waals surface area (Å²) in [5.74, 6) is 0.870. The maximum atomic E-state index is 5.97. The molecule has 0 aromatic heterocycles. The van der Waals surface area contributed by atoms with Gasteiger partial charge < -0.3 is 15.4 Å². The van der Waals surface area contributed by atoms with Crippen molar-refractivity contribution in [3.8, 4) is 5.75 Å². The van der Waals surface area contributed by atoms with Crippen molar-refractivity contribution in [2.75, 3.05) is 25.6 Å². The lowest BCUT2D eigenvalue weighted by Crippen LogP contribution is -2.44. The van der Waals surface area contributed by atoms with Crippen LogP contribution in [0.25, 0.3) is 0 Å². The summed E-state index contributed by atoms with van der Waals surface area (Å²) < 4.78 is 5.18. The van der Waals surface area contributed by atoms with E-state index in [1.54, 1.807) is 7.11 Å². The molecule has 2 N–H and O–H groups in total. The molecule has 0 radical (unpaired) electrons. The van der Waals surface area contributed by atoms with Gasteiger partial charge in [-0.05, 0) is 26.0 Å². The highest BCUT2D eigenvalue weighted by Crippen LogP contribution is 2.20. The van der Waals surface area contributed by atoms with Gasteiger partial charge in [0, 0.05) is 30.9 Å². The molecule has 0 amide bonds. The summed E-state index contributed by atoms with van der Waals surface area (Å²) in [5, 5.41) is 0. The molecule has 0 atom stereocenters. The van der Waals surface area contributed by atoms with Gasteiger partial charge in [-0.15, -0.1) is 0 Å². The van der Waals surface area contributed by atoms with E-state index in [2.05, 4.69) is 4.90 Å². The van der Waals surface area contributed by atoms with Crippen molar-refractivity contribution in [3.05, 3.63) is 24.3 Å². The number of nitrogens with two attached hydrogens (primary N) is 1. The smallest absolute Gasteiger partial charge is 0.120 e. The standard InChI is InChI=1S/C12H20N2O/c1-12(2,13)9-14(3)10-6-5-7-11(8-10)15-4/h5-8H,9,13H2,1-4H3. The van der Waals surface area contributed by atoms with Gasteiger partial charge in [0.25, 0.3) is 0 Å². The highest BCUT2D eigenvalue weighted by atomic mass is 16.5. The molecule has 0 bridgehead atoms. The number of rotatable bonds is 4. The van der Waals surface area contributed by atoms with Crippen LogP contribution in [-0.4, -0.2) is 26.2 Å². The third kappa shape index (κ3) is 3.80. The zero-order valence-electron chi connectivity index (χ0n) is 9.95. The lowest BCUT2D eigenvalue weighted by atomic mass is 10.1. The van der Waals surface area contributed by atoms with Crippen LogP contribution >= 0.6 is 0 Å². The van der Waals surface area contributed by atoms with E-state index in [-0.39, 0.29) is 5.54 Å². The number of hydrogen-bond donors (Lipinski definition) is 1. The van der Waals surface area contributed by atoms with Gasteiger partial charge in [0.2, 0.25) is 0 Å². The van der Waals surface area contributed by atoms with Gasteiger partial charge >= 0.3 is 0 Å². The maximum absolute atomic E-state index is 5.97. The van der Waals surface area contributed by atoms with Gasteiger partial charge in [-0.25, -0.2) is 0 Å². The predicted octanol–water partition coefficient (Wildman–Crippen LogP) is 1.87. The summed E-state index contributed by atoms with van der Waals surface area (Å²) in [6, 6.07) is 7.97. The third-order valence-corrected chi connectivity index (χ3v) is 2.14. The number of hydrogen-bond acceptors (Lipinski definition) is 3. The van der Waals surface area contributed by atoms with E-state index in [9.17, 15) is 0 Å². The van der Waals surface area contributed by atoms with Crippen LogP contribution in [0.1, 0.15) is 13.8 Å². The van der Waals surface area contributed by atoms with Gasteiger partial charge in [-0.3, -0.25) is 0 Å². The van der Waals surface area contributed by atoms with Gasteiger partial charge in [-0.1, -0.05) is 6.07 Å². The van der Waals surface area contributed by atoms with Crippen molar-refractivity contribution in [3.63, 3.8) is 0 Å². The second-order valence-electron chi connectivity index (χ2n) is 4.55. The molecule has 3 nitrogen and oxygen atoms in total. The van der Waals surface area contributed by atoms with Crippen molar-refractivity contribution >= 4 is 5.69 Å². The second kappa shape index (κ2) is 4.53. The topological polar surface area (TPSA) is 38.5 Å². The molecule has 0 saturated carbocycles. The van der Waals surface area contributed by atoms with E-state index in [1.165, 1.54) is 0 Å². The Kier molecular flexibility index (Phi) is 3.58. The molecule has 1 rings (SSSR count). The summed E-state index contributed by atoms with van der Waals surface area (Å²) in [7, 11) is 3.70. The second-order valence-corrected chi connectivity index (χ2v) is 4.55. The van der Waals surface area contributed by atoms with Crippen molar-refractivity contribution in [2.45, 2.75) is 19.4 Å². The molecule has 0 heterocycles. The minimum Gasteiger partial charge on any atom is -0.497 e. The van der Waals surface area contributed by atoms with Crippen LogP contribution in [0.2, 0.25) is 0 Å². The number of ether oxygens (including phenoxy) is 1. The normalized spacial score (nSPS) is 11.3. The average Bonchev–Trinajstić information content (AvgIpc) is 2.15. The minimum atomic E-state index is -0.197. The van der Waals surface area contributed by atoms with Crippen LogP contribution in [0, 0.1) is 0 Å². The first-order valence-electron chi connectivity index (χ1n) is 5.06. The largest absolute Gasteiger partial charge is 0.497 e. The Morgan fingerprint density at radius 1 is 1.40 bits per heavy atom. The molecular formula is C12H20N2O. The number of methoxy groups -OCH3 is 1. The summed E-state index contributed by atoms with van der Waals surface area (Å²) in [4.78, 5) is 2.13. The molecule has 1 aromatic rings. The molecule has 84 valence electrons. The Morgan fingerprint density at radius 3 is 2.60 bits per heavy atom. The molecule has 0 aliphatic heterocycles. The lowest BCUT2D eigenvalue weighted by Gasteiger charge is -2.28. The highest BCUT2D eigenvalue weighted by molar-refractivity contribution is 5.50. The molecule has 15 heavy (non-hydrogen) atoms. The van der Waals surface area contributed by atoms with E-state index in [0.717, 1.165) is 18.0 Å². The third-order valence-electron chi connectivity index (χ3n) is 2.14. The fourth-order valence-electron chi connectivity index (χ4n) is 1.55. The molecule has 3 heteroatoms. The van der Waals surface area contributed by atoms with Crippen molar-refractivity contribution in [1.82, 2.24) is 0 Å². The Hall–Kier alpha value is -1.22. The van der Waals surface area contributed by atoms with E-state index >= 15 is 0 Å². The summed E-state index contributed by atoms with van der Waals surface area (Å²) in [6.07, 6.45) is 0. The number of nitrogens with zero attached hydrogens (tertiary/aromatic N) is 1. The molecule has 0 aliphatic carbocycles. The quantitative estimate of drug-likeness (QED) is 0.821. The molecule has 0 saturated heterocycles. The average molecular weight is 208 g/mol. The molecule has 0 aliphatic rings. The maximum Gasteiger partial charge on any atom is 0.120 e. The predicted molar refractivity (Wildman–Crippen MR) is 64.5 cm³/mol. The zero-order valence-corrected chi connectivity index (χ0v) is 9.95. The van der Waals surface area contributed by atoms with E-state index in [0.29, 0.717) is 0 Å². The number of anilines is 1. The first-order chi connectivity index (χ1) is 6.92. The van der Waals surface area contributed by atoms with Crippen LogP contribution in [0.3, 0.4) is 0 Å². The number of likely N-dealkylation sites (N-methyl/N-ethyl adjacent to an activating group) is 1.